The van der Waals surface area contributed by atoms with Gasteiger partial charge in [0.15, 0.2) is 11.5 Å². The second kappa shape index (κ2) is 9.62. The molecule has 1 saturated heterocycles. The zero-order chi connectivity index (χ0) is 18.5. The van der Waals surface area contributed by atoms with Gasteiger partial charge in [0, 0.05) is 39.3 Å². The number of methoxy groups -OCH3 is 1. The van der Waals surface area contributed by atoms with Crippen LogP contribution in [-0.2, 0) is 11.8 Å². The van der Waals surface area contributed by atoms with Crippen molar-refractivity contribution in [1.29, 1.82) is 0 Å². The summed E-state index contributed by atoms with van der Waals surface area (Å²) in [5, 5.41) is 7.56. The Morgan fingerprint density at radius 1 is 1.33 bits per heavy atom. The van der Waals surface area contributed by atoms with Crippen molar-refractivity contribution in [3.8, 4) is 11.5 Å². The molecule has 0 spiro atoms. The van der Waals surface area contributed by atoms with Gasteiger partial charge in [-0.05, 0) is 17.7 Å². The van der Waals surface area contributed by atoms with E-state index in [2.05, 4.69) is 10.4 Å². The molecule has 1 amide bonds. The Morgan fingerprint density at radius 2 is 2.07 bits per heavy atom. The number of benzene rings is 1. The largest absolute Gasteiger partial charge is 0.493 e. The molecular weight excluding hydrogens is 368 g/mol. The highest BCUT2D eigenvalue weighted by atomic mass is 35.5. The third kappa shape index (κ3) is 4.93. The third-order valence-corrected chi connectivity index (χ3v) is 4.81. The van der Waals surface area contributed by atoms with E-state index < -0.39 is 0 Å². The lowest BCUT2D eigenvalue weighted by atomic mass is 9.90. The molecule has 0 radical (unpaired) electrons. The van der Waals surface area contributed by atoms with Crippen molar-refractivity contribution in [2.24, 2.45) is 13.0 Å². The first-order valence-electron chi connectivity index (χ1n) is 8.80. The summed E-state index contributed by atoms with van der Waals surface area (Å²) in [5.41, 5.74) is 1.11. The molecule has 0 saturated carbocycles. The second-order valence-corrected chi connectivity index (χ2v) is 6.58. The van der Waals surface area contributed by atoms with Crippen LogP contribution in [0.1, 0.15) is 11.5 Å². The minimum Gasteiger partial charge on any atom is -0.493 e. The lowest BCUT2D eigenvalue weighted by Crippen LogP contribution is -2.38. The molecule has 7 nitrogen and oxygen atoms in total. The number of aromatic nitrogens is 2. The lowest BCUT2D eigenvalue weighted by Gasteiger charge is -2.24. The molecule has 27 heavy (non-hydrogen) atoms. The first kappa shape index (κ1) is 21.1. The molecule has 0 unspecified atom stereocenters. The van der Waals surface area contributed by atoms with Crippen LogP contribution in [0.25, 0.3) is 0 Å². The number of rotatable bonds is 7. The predicted octanol–water partition coefficient (Wildman–Crippen LogP) is 1.69. The number of para-hydroxylation sites is 2. The number of ether oxygens (including phenoxy) is 2. The topological polar surface area (TPSA) is 68.6 Å². The van der Waals surface area contributed by atoms with Gasteiger partial charge in [-0.2, -0.15) is 5.10 Å². The highest BCUT2D eigenvalue weighted by Gasteiger charge is 2.36. The molecule has 1 aromatic carbocycles. The Bertz CT molecular complexity index is 752. The van der Waals surface area contributed by atoms with E-state index in [1.807, 2.05) is 50.8 Å². The molecule has 1 aliphatic heterocycles. The zero-order valence-electron chi connectivity index (χ0n) is 15.9. The van der Waals surface area contributed by atoms with Gasteiger partial charge in [-0.1, -0.05) is 12.1 Å². The number of amides is 1. The standard InChI is InChI=1S/C19H26N4O3.ClH/c1-22(8-9-26-18-7-5-4-6-17(18)25-3)19(24)16-12-20-11-15(16)14-10-21-23(2)13-14;/h4-7,10,13,15-16,20H,8-9,11-12H2,1-3H3;1H/t15-,16+;/m1./s1. The smallest absolute Gasteiger partial charge is 0.227 e. The molecule has 2 aromatic rings. The summed E-state index contributed by atoms with van der Waals surface area (Å²) in [4.78, 5) is 14.6. The molecule has 8 heteroatoms. The maximum Gasteiger partial charge on any atom is 0.227 e. The number of carbonyl (C=O) groups excluding carboxylic acids is 1. The maximum absolute atomic E-state index is 12.9. The summed E-state index contributed by atoms with van der Waals surface area (Å²) in [7, 11) is 5.33. The Hall–Kier alpha value is -2.25. The van der Waals surface area contributed by atoms with E-state index >= 15 is 0 Å². The molecule has 1 aromatic heterocycles. The number of halogens is 1. The molecule has 1 aliphatic rings. The van der Waals surface area contributed by atoms with E-state index in [-0.39, 0.29) is 30.2 Å². The second-order valence-electron chi connectivity index (χ2n) is 6.58. The monoisotopic (exact) mass is 394 g/mol. The normalized spacial score (nSPS) is 18.6. The van der Waals surface area contributed by atoms with Crippen molar-refractivity contribution in [2.45, 2.75) is 5.92 Å². The van der Waals surface area contributed by atoms with Gasteiger partial charge >= 0.3 is 0 Å². The molecule has 0 aliphatic carbocycles. The summed E-state index contributed by atoms with van der Waals surface area (Å²) >= 11 is 0. The van der Waals surface area contributed by atoms with Gasteiger partial charge < -0.3 is 19.7 Å². The van der Waals surface area contributed by atoms with Crippen LogP contribution in [0.3, 0.4) is 0 Å². The highest BCUT2D eigenvalue weighted by molar-refractivity contribution is 5.85. The number of aryl methyl sites for hydroxylation is 1. The number of nitrogens with one attached hydrogen (secondary N) is 1. The van der Waals surface area contributed by atoms with Crippen molar-refractivity contribution >= 4 is 18.3 Å². The number of carbonyl (C=O) groups is 1. The van der Waals surface area contributed by atoms with Crippen molar-refractivity contribution < 1.29 is 14.3 Å². The fraction of sp³-hybridized carbons (Fsp3) is 0.474. The number of nitrogens with zero attached hydrogens (tertiary/aromatic N) is 3. The van der Waals surface area contributed by atoms with E-state index in [0.29, 0.717) is 31.2 Å². The minimum absolute atomic E-state index is 0. The van der Waals surface area contributed by atoms with Crippen LogP contribution < -0.4 is 14.8 Å². The highest BCUT2D eigenvalue weighted by Crippen LogP contribution is 2.29. The zero-order valence-corrected chi connectivity index (χ0v) is 16.7. The molecule has 3 rings (SSSR count). The van der Waals surface area contributed by atoms with Crippen molar-refractivity contribution in [2.75, 3.05) is 40.4 Å². The van der Waals surface area contributed by atoms with E-state index in [0.717, 1.165) is 12.1 Å². The van der Waals surface area contributed by atoms with Gasteiger partial charge in [0.1, 0.15) is 6.61 Å². The maximum atomic E-state index is 12.9. The summed E-state index contributed by atoms with van der Waals surface area (Å²) in [6, 6.07) is 7.51. The van der Waals surface area contributed by atoms with Gasteiger partial charge in [-0.15, -0.1) is 12.4 Å². The van der Waals surface area contributed by atoms with Gasteiger partial charge in [0.05, 0.1) is 25.8 Å². The van der Waals surface area contributed by atoms with Gasteiger partial charge in [0.2, 0.25) is 5.91 Å². The molecule has 0 bridgehead atoms. The van der Waals surface area contributed by atoms with Crippen LogP contribution in [-0.4, -0.2) is 61.0 Å². The molecular formula is C19H27ClN4O3. The fourth-order valence-corrected chi connectivity index (χ4v) is 3.34. The van der Waals surface area contributed by atoms with E-state index in [1.165, 1.54) is 0 Å². The van der Waals surface area contributed by atoms with E-state index in [9.17, 15) is 4.79 Å². The van der Waals surface area contributed by atoms with Gasteiger partial charge in [-0.25, -0.2) is 0 Å². The summed E-state index contributed by atoms with van der Waals surface area (Å²) in [5.74, 6) is 1.60. The van der Waals surface area contributed by atoms with Crippen LogP contribution in [0.4, 0.5) is 0 Å². The van der Waals surface area contributed by atoms with Crippen LogP contribution in [0, 0.1) is 5.92 Å². The average Bonchev–Trinajstić information content (AvgIpc) is 3.30. The van der Waals surface area contributed by atoms with Crippen molar-refractivity contribution in [3.05, 3.63) is 42.2 Å². The molecule has 1 N–H and O–H groups in total. The quantitative estimate of drug-likeness (QED) is 0.774. The molecule has 2 atom stereocenters. The first-order chi connectivity index (χ1) is 12.6. The Morgan fingerprint density at radius 3 is 2.74 bits per heavy atom. The number of hydrogen-bond acceptors (Lipinski definition) is 5. The molecule has 148 valence electrons. The van der Waals surface area contributed by atoms with Crippen molar-refractivity contribution in [3.63, 3.8) is 0 Å². The summed E-state index contributed by atoms with van der Waals surface area (Å²) in [6.45, 7) is 2.43. The van der Waals surface area contributed by atoms with Gasteiger partial charge in [0.25, 0.3) is 0 Å². The van der Waals surface area contributed by atoms with Gasteiger partial charge in [-0.3, -0.25) is 9.48 Å². The molecule has 2 heterocycles. The summed E-state index contributed by atoms with van der Waals surface area (Å²) < 4.78 is 12.8. The summed E-state index contributed by atoms with van der Waals surface area (Å²) in [6.07, 6.45) is 3.84. The Balaban J connectivity index is 0.00000261. The van der Waals surface area contributed by atoms with E-state index in [1.54, 1.807) is 16.7 Å². The average molecular weight is 395 g/mol. The van der Waals surface area contributed by atoms with Crippen LogP contribution in [0.2, 0.25) is 0 Å². The molecule has 1 fully saturated rings. The minimum atomic E-state index is -0.0736. The number of likely N-dealkylation sites (N-methyl/N-ethyl adjacent to an activating group) is 1. The fourth-order valence-electron chi connectivity index (χ4n) is 3.34. The van der Waals surface area contributed by atoms with Crippen LogP contribution >= 0.6 is 12.4 Å². The third-order valence-electron chi connectivity index (χ3n) is 4.81. The lowest BCUT2D eigenvalue weighted by molar-refractivity contribution is -0.134. The van der Waals surface area contributed by atoms with Crippen LogP contribution in [0.5, 0.6) is 11.5 Å². The Kier molecular flexibility index (Phi) is 7.50. The Labute approximate surface area is 166 Å². The SMILES string of the molecule is COc1ccccc1OCCN(C)C(=O)[C@H]1CNC[C@@H]1c1cnn(C)c1.Cl. The van der Waals surface area contributed by atoms with Crippen LogP contribution in [0.15, 0.2) is 36.7 Å². The van der Waals surface area contributed by atoms with E-state index in [4.69, 9.17) is 9.47 Å². The first-order valence-corrected chi connectivity index (χ1v) is 8.80. The number of hydrogen-bond donors (Lipinski definition) is 1. The van der Waals surface area contributed by atoms with Crippen molar-refractivity contribution in [1.82, 2.24) is 20.0 Å². The predicted molar refractivity (Wildman–Crippen MR) is 106 cm³/mol.